The minimum atomic E-state index is -4.36. The summed E-state index contributed by atoms with van der Waals surface area (Å²) >= 11 is 0. The molecule has 1 heterocycles. The highest BCUT2D eigenvalue weighted by Gasteiger charge is 2.33. The minimum Gasteiger partial charge on any atom is -0.491 e. The number of hydrogen-bond donors (Lipinski definition) is 1. The number of carbonyl (C=O) groups is 1. The number of rotatable bonds is 7. The first kappa shape index (κ1) is 22.0. The maximum Gasteiger partial charge on any atom is 0.416 e. The number of carbonyl (C=O) groups excluding carboxylic acids is 1. The van der Waals surface area contributed by atoms with E-state index in [9.17, 15) is 22.4 Å². The summed E-state index contributed by atoms with van der Waals surface area (Å²) in [5.41, 5.74) is 0.961. The third kappa shape index (κ3) is 4.94. The number of benzene rings is 2. The predicted molar refractivity (Wildman–Crippen MR) is 116 cm³/mol. The molecule has 2 aromatic rings. The van der Waals surface area contributed by atoms with Crippen molar-refractivity contribution in [3.05, 3.63) is 58.9 Å². The van der Waals surface area contributed by atoms with Crippen LogP contribution < -0.4 is 15.0 Å². The summed E-state index contributed by atoms with van der Waals surface area (Å²) in [6.07, 6.45) is 1.20. The van der Waals surface area contributed by atoms with Gasteiger partial charge in [0.05, 0.1) is 17.2 Å². The fourth-order valence-electron chi connectivity index (χ4n) is 4.45. The van der Waals surface area contributed by atoms with Crippen LogP contribution in [0.4, 0.5) is 23.2 Å². The van der Waals surface area contributed by atoms with Crippen molar-refractivity contribution in [1.82, 2.24) is 5.32 Å². The average Bonchev–Trinajstić information content (AvgIpc) is 3.71. The molecule has 2 aromatic carbocycles. The van der Waals surface area contributed by atoms with Gasteiger partial charge >= 0.3 is 6.18 Å². The molecule has 0 aromatic heterocycles. The van der Waals surface area contributed by atoms with Crippen molar-refractivity contribution in [2.45, 2.75) is 62.7 Å². The van der Waals surface area contributed by atoms with E-state index in [0.29, 0.717) is 12.4 Å². The number of alkyl halides is 3. The van der Waals surface area contributed by atoms with E-state index in [-0.39, 0.29) is 29.5 Å². The molecule has 33 heavy (non-hydrogen) atoms. The van der Waals surface area contributed by atoms with Gasteiger partial charge in [-0.25, -0.2) is 4.39 Å². The SMILES string of the molecule is O=C(NC1CC1)c1cc(C2CC2)c(OCC2CCCN2c2ccc(C(F)(F)F)cc2)cc1F. The van der Waals surface area contributed by atoms with Crippen LogP contribution in [-0.2, 0) is 6.18 Å². The number of ether oxygens (including phenoxy) is 1. The number of hydrogen-bond acceptors (Lipinski definition) is 3. The molecule has 3 aliphatic rings. The van der Waals surface area contributed by atoms with Crippen LogP contribution in [0.3, 0.4) is 0 Å². The van der Waals surface area contributed by atoms with E-state index in [0.717, 1.165) is 68.5 Å². The maximum atomic E-state index is 14.8. The summed E-state index contributed by atoms with van der Waals surface area (Å²) in [5.74, 6) is -0.258. The molecule has 1 saturated heterocycles. The van der Waals surface area contributed by atoms with Gasteiger partial charge in [0.2, 0.25) is 0 Å². The minimum absolute atomic E-state index is 0.0188. The van der Waals surface area contributed by atoms with Crippen LogP contribution in [-0.4, -0.2) is 31.1 Å². The largest absolute Gasteiger partial charge is 0.491 e. The van der Waals surface area contributed by atoms with Crippen molar-refractivity contribution in [2.75, 3.05) is 18.1 Å². The molecule has 2 saturated carbocycles. The molecular weight excluding hydrogens is 436 g/mol. The van der Waals surface area contributed by atoms with Crippen molar-refractivity contribution in [3.63, 3.8) is 0 Å². The highest BCUT2D eigenvalue weighted by Crippen LogP contribution is 2.45. The Morgan fingerprint density at radius 3 is 2.42 bits per heavy atom. The van der Waals surface area contributed by atoms with Gasteiger partial charge < -0.3 is 15.0 Å². The van der Waals surface area contributed by atoms with E-state index in [1.165, 1.54) is 18.2 Å². The Morgan fingerprint density at radius 1 is 1.06 bits per heavy atom. The quantitative estimate of drug-likeness (QED) is 0.540. The second-order valence-corrected chi connectivity index (χ2v) is 9.24. The molecule has 0 bridgehead atoms. The monoisotopic (exact) mass is 462 g/mol. The predicted octanol–water partition coefficient (Wildman–Crippen LogP) is 5.66. The summed E-state index contributed by atoms with van der Waals surface area (Å²) in [4.78, 5) is 14.5. The number of amides is 1. The lowest BCUT2D eigenvalue weighted by atomic mass is 10.0. The first-order valence-corrected chi connectivity index (χ1v) is 11.5. The maximum absolute atomic E-state index is 14.8. The van der Waals surface area contributed by atoms with Gasteiger partial charge in [-0.05, 0) is 80.3 Å². The lowest BCUT2D eigenvalue weighted by Gasteiger charge is -2.27. The summed E-state index contributed by atoms with van der Waals surface area (Å²) in [6, 6.07) is 8.24. The molecular formula is C25H26F4N2O2. The molecule has 1 unspecified atom stereocenters. The number of nitrogens with zero attached hydrogens (tertiary/aromatic N) is 1. The van der Waals surface area contributed by atoms with Crippen LogP contribution in [0.15, 0.2) is 36.4 Å². The Bertz CT molecular complexity index is 1030. The summed E-state index contributed by atoms with van der Waals surface area (Å²) in [5, 5.41) is 2.83. The van der Waals surface area contributed by atoms with Gasteiger partial charge in [-0.15, -0.1) is 0 Å². The summed E-state index contributed by atoms with van der Waals surface area (Å²) in [6.45, 7) is 1.03. The van der Waals surface area contributed by atoms with Gasteiger partial charge in [0.25, 0.3) is 5.91 Å². The molecule has 1 atom stereocenters. The van der Waals surface area contributed by atoms with Crippen LogP contribution in [0.2, 0.25) is 0 Å². The number of nitrogens with one attached hydrogen (secondary N) is 1. The Morgan fingerprint density at radius 2 is 1.79 bits per heavy atom. The van der Waals surface area contributed by atoms with E-state index in [1.807, 2.05) is 4.90 Å². The van der Waals surface area contributed by atoms with Crippen LogP contribution in [0.5, 0.6) is 5.75 Å². The zero-order valence-corrected chi connectivity index (χ0v) is 18.1. The number of anilines is 1. The van der Waals surface area contributed by atoms with E-state index in [2.05, 4.69) is 5.32 Å². The third-order valence-corrected chi connectivity index (χ3v) is 6.61. The molecule has 1 aliphatic heterocycles. The van der Waals surface area contributed by atoms with Crippen molar-refractivity contribution >= 4 is 11.6 Å². The normalized spacial score (nSPS) is 20.7. The summed E-state index contributed by atoms with van der Waals surface area (Å²) < 4.78 is 59.5. The molecule has 2 aliphatic carbocycles. The zero-order valence-electron chi connectivity index (χ0n) is 18.1. The van der Waals surface area contributed by atoms with Gasteiger partial charge in [0.1, 0.15) is 18.2 Å². The van der Waals surface area contributed by atoms with Crippen LogP contribution >= 0.6 is 0 Å². The van der Waals surface area contributed by atoms with E-state index in [4.69, 9.17) is 4.74 Å². The third-order valence-electron chi connectivity index (χ3n) is 6.61. The smallest absolute Gasteiger partial charge is 0.416 e. The van der Waals surface area contributed by atoms with E-state index < -0.39 is 17.6 Å². The first-order valence-electron chi connectivity index (χ1n) is 11.5. The van der Waals surface area contributed by atoms with E-state index in [1.54, 1.807) is 6.07 Å². The molecule has 5 rings (SSSR count). The molecule has 1 N–H and O–H groups in total. The second kappa shape index (κ2) is 8.54. The van der Waals surface area contributed by atoms with Crippen molar-refractivity contribution in [2.24, 2.45) is 0 Å². The molecule has 8 heteroatoms. The fraction of sp³-hybridized carbons (Fsp3) is 0.480. The number of halogens is 4. The standard InChI is InChI=1S/C25H26F4N2O2/c26-22-13-23(20(15-3-4-15)12-21(22)24(32)30-17-7-8-17)33-14-19-2-1-11-31(19)18-9-5-16(6-10-18)25(27,28)29/h5-6,9-10,12-13,15,17,19H,1-4,7-8,11,14H2,(H,30,32). The van der Waals surface area contributed by atoms with Gasteiger partial charge in [-0.2, -0.15) is 13.2 Å². The average molecular weight is 462 g/mol. The van der Waals surface area contributed by atoms with Crippen molar-refractivity contribution in [3.8, 4) is 5.75 Å². The summed E-state index contributed by atoms with van der Waals surface area (Å²) in [7, 11) is 0. The van der Waals surface area contributed by atoms with Crippen LogP contribution in [0, 0.1) is 5.82 Å². The fourth-order valence-corrected chi connectivity index (χ4v) is 4.45. The van der Waals surface area contributed by atoms with Gasteiger partial charge in [0.15, 0.2) is 0 Å². The van der Waals surface area contributed by atoms with Gasteiger partial charge in [-0.1, -0.05) is 0 Å². The second-order valence-electron chi connectivity index (χ2n) is 9.24. The lowest BCUT2D eigenvalue weighted by Crippen LogP contribution is -2.34. The topological polar surface area (TPSA) is 41.6 Å². The molecule has 1 amide bonds. The van der Waals surface area contributed by atoms with Crippen molar-refractivity contribution < 1.29 is 27.1 Å². The van der Waals surface area contributed by atoms with E-state index >= 15 is 0 Å². The van der Waals surface area contributed by atoms with Gasteiger partial charge in [0, 0.05) is 24.3 Å². The highest BCUT2D eigenvalue weighted by molar-refractivity contribution is 5.95. The lowest BCUT2D eigenvalue weighted by molar-refractivity contribution is -0.137. The molecule has 3 fully saturated rings. The Balaban J connectivity index is 1.30. The van der Waals surface area contributed by atoms with Gasteiger partial charge in [-0.3, -0.25) is 4.79 Å². The Hall–Kier alpha value is -2.77. The molecule has 176 valence electrons. The molecule has 0 spiro atoms. The Labute approximate surface area is 189 Å². The van der Waals surface area contributed by atoms with Crippen molar-refractivity contribution in [1.29, 1.82) is 0 Å². The highest BCUT2D eigenvalue weighted by atomic mass is 19.4. The van der Waals surface area contributed by atoms with Crippen LogP contribution in [0.25, 0.3) is 0 Å². The first-order chi connectivity index (χ1) is 15.8. The zero-order chi connectivity index (χ0) is 23.2. The van der Waals surface area contributed by atoms with Crippen LogP contribution in [0.1, 0.15) is 65.9 Å². The Kier molecular flexibility index (Phi) is 5.70. The molecule has 0 radical (unpaired) electrons. The molecule has 4 nitrogen and oxygen atoms in total.